The van der Waals surface area contributed by atoms with Gasteiger partial charge in [-0.05, 0) is 75.7 Å². The molecule has 0 aliphatic rings. The molecule has 4 rings (SSSR count). The molecule has 0 aliphatic heterocycles. The summed E-state index contributed by atoms with van der Waals surface area (Å²) >= 11 is 6.33. The fourth-order valence-corrected chi connectivity index (χ4v) is 4.12. The molecule has 43 heavy (non-hydrogen) atoms. The molecule has 17 heteroatoms. The average Bonchev–Trinajstić information content (AvgIpc) is 3.56. The number of aromatic nitrogens is 7. The van der Waals surface area contributed by atoms with Crippen LogP contribution in [0.5, 0.6) is 0 Å². The zero-order chi connectivity index (χ0) is 31.7. The molecule has 0 aliphatic carbocycles. The standard InChI is InChI=1S/C26H26ClF3N10O3/c1-13-9-15(14(2)37-43)10-17(22(41)33-25(3,4)5)20(13)32-23(42)19-11-16(12-39-36-24(34-38-39)26(28,29)30)35-40(19)21-18(27)7-6-8-31-21/h6-11,43H,12H2,1-5H3,(H,32,42)(H,33,41)/b37-14+. The minimum absolute atomic E-state index is 0.0654. The maximum atomic E-state index is 13.8. The number of carbonyl (C=O) groups is 2. The van der Waals surface area contributed by atoms with Crippen molar-refractivity contribution in [2.45, 2.75) is 52.9 Å². The number of oxime groups is 1. The van der Waals surface area contributed by atoms with Crippen LogP contribution in [0.4, 0.5) is 18.9 Å². The number of carbonyl (C=O) groups excluding carboxylic acids is 2. The number of tetrazole rings is 1. The van der Waals surface area contributed by atoms with Gasteiger partial charge in [0.2, 0.25) is 0 Å². The van der Waals surface area contributed by atoms with Crippen LogP contribution >= 0.6 is 11.6 Å². The Balaban J connectivity index is 1.78. The summed E-state index contributed by atoms with van der Waals surface area (Å²) in [6.45, 7) is 8.21. The molecule has 3 N–H and O–H groups in total. The number of rotatable bonds is 7. The summed E-state index contributed by atoms with van der Waals surface area (Å²) in [7, 11) is 0. The quantitative estimate of drug-likeness (QED) is 0.157. The van der Waals surface area contributed by atoms with Gasteiger partial charge in [-0.25, -0.2) is 9.67 Å². The van der Waals surface area contributed by atoms with Gasteiger partial charge in [0.1, 0.15) is 12.2 Å². The van der Waals surface area contributed by atoms with Crippen molar-refractivity contribution in [2.24, 2.45) is 5.16 Å². The Morgan fingerprint density at radius 3 is 2.44 bits per heavy atom. The van der Waals surface area contributed by atoms with Gasteiger partial charge in [-0.15, -0.1) is 10.2 Å². The van der Waals surface area contributed by atoms with Gasteiger partial charge in [0, 0.05) is 17.3 Å². The van der Waals surface area contributed by atoms with E-state index >= 15 is 0 Å². The first-order chi connectivity index (χ1) is 20.1. The van der Waals surface area contributed by atoms with Crippen LogP contribution in [0.15, 0.2) is 41.7 Å². The number of benzene rings is 1. The molecule has 3 heterocycles. The van der Waals surface area contributed by atoms with E-state index in [4.69, 9.17) is 11.6 Å². The molecule has 226 valence electrons. The van der Waals surface area contributed by atoms with Crippen molar-refractivity contribution in [3.05, 3.63) is 75.5 Å². The van der Waals surface area contributed by atoms with Crippen LogP contribution in [0.25, 0.3) is 5.82 Å². The van der Waals surface area contributed by atoms with Crippen molar-refractivity contribution in [2.75, 3.05) is 5.32 Å². The van der Waals surface area contributed by atoms with Gasteiger partial charge in [0.15, 0.2) is 5.82 Å². The number of aryl methyl sites for hydroxylation is 1. The van der Waals surface area contributed by atoms with Crippen molar-refractivity contribution in [1.29, 1.82) is 0 Å². The second-order valence-electron chi connectivity index (χ2n) is 10.4. The number of hydrogen-bond acceptors (Lipinski definition) is 9. The summed E-state index contributed by atoms with van der Waals surface area (Å²) < 4.78 is 40.0. The second-order valence-corrected chi connectivity index (χ2v) is 10.8. The van der Waals surface area contributed by atoms with Crippen LogP contribution in [0, 0.1) is 6.92 Å². The minimum atomic E-state index is -4.80. The molecule has 0 spiro atoms. The molecular formula is C26H26ClF3N10O3. The van der Waals surface area contributed by atoms with Crippen LogP contribution in [-0.2, 0) is 12.7 Å². The molecule has 0 bridgehead atoms. The average molecular weight is 619 g/mol. The molecule has 0 fully saturated rings. The van der Waals surface area contributed by atoms with Crippen molar-refractivity contribution < 1.29 is 28.0 Å². The van der Waals surface area contributed by atoms with Crippen molar-refractivity contribution in [3.8, 4) is 5.82 Å². The number of nitrogens with one attached hydrogen (secondary N) is 2. The summed E-state index contributed by atoms with van der Waals surface area (Å²) in [5, 5.41) is 32.3. The Hall–Kier alpha value is -4.86. The highest BCUT2D eigenvalue weighted by Crippen LogP contribution is 2.27. The lowest BCUT2D eigenvalue weighted by atomic mass is 9.99. The third kappa shape index (κ3) is 7.14. The second kappa shape index (κ2) is 11.8. The molecule has 4 aromatic rings. The number of alkyl halides is 3. The van der Waals surface area contributed by atoms with E-state index in [0.29, 0.717) is 15.9 Å². The third-order valence-electron chi connectivity index (χ3n) is 5.82. The molecule has 0 saturated heterocycles. The fraction of sp³-hybridized carbons (Fsp3) is 0.308. The first-order valence-corrected chi connectivity index (χ1v) is 13.0. The van der Waals surface area contributed by atoms with Gasteiger partial charge >= 0.3 is 6.18 Å². The molecule has 0 saturated carbocycles. The number of anilines is 1. The molecule has 13 nitrogen and oxygen atoms in total. The van der Waals surface area contributed by atoms with Crippen molar-refractivity contribution >= 4 is 34.8 Å². The van der Waals surface area contributed by atoms with Crippen LogP contribution < -0.4 is 10.6 Å². The van der Waals surface area contributed by atoms with Gasteiger partial charge in [0.25, 0.3) is 17.6 Å². The fourth-order valence-electron chi connectivity index (χ4n) is 3.92. The third-order valence-corrected chi connectivity index (χ3v) is 6.11. The Labute approximate surface area is 247 Å². The predicted molar refractivity (Wildman–Crippen MR) is 149 cm³/mol. The van der Waals surface area contributed by atoms with Crippen LogP contribution in [0.2, 0.25) is 5.02 Å². The van der Waals surface area contributed by atoms with Gasteiger partial charge in [0.05, 0.1) is 27.7 Å². The van der Waals surface area contributed by atoms with E-state index in [1.54, 1.807) is 46.8 Å². The van der Waals surface area contributed by atoms with Crippen LogP contribution in [-0.4, -0.2) is 63.2 Å². The first kappa shape index (κ1) is 31.1. The number of nitrogens with zero attached hydrogens (tertiary/aromatic N) is 8. The van der Waals surface area contributed by atoms with Gasteiger partial charge < -0.3 is 15.8 Å². The smallest absolute Gasteiger partial charge is 0.411 e. The summed E-state index contributed by atoms with van der Waals surface area (Å²) in [6, 6.07) is 7.50. The molecule has 0 radical (unpaired) electrons. The lowest BCUT2D eigenvalue weighted by molar-refractivity contribution is -0.145. The number of pyridine rings is 1. The molecule has 2 amide bonds. The highest BCUT2D eigenvalue weighted by molar-refractivity contribution is 6.32. The first-order valence-electron chi connectivity index (χ1n) is 12.6. The van der Waals surface area contributed by atoms with E-state index in [0.717, 1.165) is 4.68 Å². The highest BCUT2D eigenvalue weighted by Gasteiger charge is 2.37. The maximum Gasteiger partial charge on any atom is 0.455 e. The molecule has 0 unspecified atom stereocenters. The summed E-state index contributed by atoms with van der Waals surface area (Å²) in [5.74, 6) is -2.61. The van der Waals surface area contributed by atoms with E-state index < -0.39 is 29.4 Å². The van der Waals surface area contributed by atoms with Gasteiger partial charge in [-0.2, -0.15) is 23.1 Å². The van der Waals surface area contributed by atoms with Crippen LogP contribution in [0.1, 0.15) is 71.2 Å². The van der Waals surface area contributed by atoms with E-state index in [1.165, 1.54) is 24.4 Å². The Morgan fingerprint density at radius 2 is 1.84 bits per heavy atom. The topological polar surface area (TPSA) is 165 Å². The number of halogens is 4. The monoisotopic (exact) mass is 618 g/mol. The molecule has 0 atom stereocenters. The summed E-state index contributed by atoms with van der Waals surface area (Å²) in [5.41, 5.74) is 0.785. The van der Waals surface area contributed by atoms with E-state index in [1.807, 2.05) is 0 Å². The van der Waals surface area contributed by atoms with E-state index in [9.17, 15) is 28.0 Å². The van der Waals surface area contributed by atoms with Gasteiger partial charge in [-0.1, -0.05) is 16.8 Å². The normalized spacial score (nSPS) is 12.3. The van der Waals surface area contributed by atoms with Crippen LogP contribution in [0.3, 0.4) is 0 Å². The number of hydrogen-bond donors (Lipinski definition) is 3. The Bertz CT molecular complexity index is 1720. The summed E-state index contributed by atoms with van der Waals surface area (Å²) in [4.78, 5) is 32.0. The predicted octanol–water partition coefficient (Wildman–Crippen LogP) is 4.26. The molecule has 3 aromatic heterocycles. The largest absolute Gasteiger partial charge is 0.455 e. The number of amides is 2. The lowest BCUT2D eigenvalue weighted by Gasteiger charge is -2.23. The van der Waals surface area contributed by atoms with E-state index in [-0.39, 0.29) is 45.7 Å². The van der Waals surface area contributed by atoms with Gasteiger partial charge in [-0.3, -0.25) is 9.59 Å². The van der Waals surface area contributed by atoms with Crippen molar-refractivity contribution in [3.63, 3.8) is 0 Å². The molecular weight excluding hydrogens is 593 g/mol. The van der Waals surface area contributed by atoms with E-state index in [2.05, 4.69) is 41.3 Å². The zero-order valence-electron chi connectivity index (χ0n) is 23.5. The Kier molecular flexibility index (Phi) is 8.52. The lowest BCUT2D eigenvalue weighted by Crippen LogP contribution is -2.41. The van der Waals surface area contributed by atoms with Crippen molar-refractivity contribution in [1.82, 2.24) is 40.3 Å². The summed E-state index contributed by atoms with van der Waals surface area (Å²) in [6.07, 6.45) is -3.38. The Morgan fingerprint density at radius 1 is 1.12 bits per heavy atom. The molecule has 1 aromatic carbocycles. The maximum absolute atomic E-state index is 13.8. The highest BCUT2D eigenvalue weighted by atomic mass is 35.5. The zero-order valence-corrected chi connectivity index (χ0v) is 24.3. The minimum Gasteiger partial charge on any atom is -0.411 e. The SMILES string of the molecule is C/C(=N\O)c1cc(C)c(NC(=O)c2cc(Cn3nnc(C(F)(F)F)n3)nn2-c2ncccc2Cl)c(C(=O)NC(C)(C)C)c1.